The van der Waals surface area contributed by atoms with E-state index in [9.17, 15) is 9.59 Å². The van der Waals surface area contributed by atoms with Crippen LogP contribution < -0.4 is 10.9 Å². The van der Waals surface area contributed by atoms with Crippen LogP contribution in [-0.4, -0.2) is 26.6 Å². The highest BCUT2D eigenvalue weighted by atomic mass is 16.3. The fourth-order valence-electron chi connectivity index (χ4n) is 3.29. The Morgan fingerprint density at radius 2 is 2.00 bits per heavy atom. The van der Waals surface area contributed by atoms with Crippen LogP contribution in [0.25, 0.3) is 16.6 Å². The maximum atomic E-state index is 12.8. The Morgan fingerprint density at radius 3 is 2.78 bits per heavy atom. The van der Waals surface area contributed by atoms with Crippen LogP contribution in [-0.2, 0) is 11.2 Å². The highest BCUT2D eigenvalue weighted by Gasteiger charge is 2.21. The predicted molar refractivity (Wildman–Crippen MR) is 102 cm³/mol. The van der Waals surface area contributed by atoms with Crippen molar-refractivity contribution in [3.05, 3.63) is 70.5 Å². The van der Waals surface area contributed by atoms with Gasteiger partial charge < -0.3 is 9.73 Å². The van der Waals surface area contributed by atoms with Crippen LogP contribution in [0.5, 0.6) is 0 Å². The van der Waals surface area contributed by atoms with Crippen molar-refractivity contribution in [2.75, 3.05) is 6.54 Å². The van der Waals surface area contributed by atoms with E-state index in [4.69, 9.17) is 4.42 Å². The molecule has 3 aromatic heterocycles. The normalized spacial score (nSPS) is 12.5. The third kappa shape index (κ3) is 3.01. The Morgan fingerprint density at radius 1 is 1.22 bits per heavy atom. The van der Waals surface area contributed by atoms with E-state index in [1.54, 1.807) is 36.6 Å². The molecule has 0 radical (unpaired) electrons. The van der Waals surface area contributed by atoms with E-state index in [1.807, 2.05) is 30.3 Å². The van der Waals surface area contributed by atoms with Crippen LogP contribution in [0.3, 0.4) is 0 Å². The van der Waals surface area contributed by atoms with Crippen molar-refractivity contribution in [1.29, 1.82) is 0 Å². The van der Waals surface area contributed by atoms with E-state index in [1.165, 1.54) is 4.68 Å². The van der Waals surface area contributed by atoms with E-state index >= 15 is 0 Å². The molecule has 1 atom stereocenters. The van der Waals surface area contributed by atoms with Gasteiger partial charge in [0.05, 0.1) is 11.8 Å². The number of nitrogens with zero attached hydrogens (tertiary/aromatic N) is 3. The number of benzene rings is 1. The van der Waals surface area contributed by atoms with Gasteiger partial charge in [-0.25, -0.2) is 4.68 Å². The zero-order valence-electron chi connectivity index (χ0n) is 15.2. The summed E-state index contributed by atoms with van der Waals surface area (Å²) in [5.74, 6) is 0.379. The van der Waals surface area contributed by atoms with Gasteiger partial charge in [0.25, 0.3) is 5.56 Å². The Kier molecular flexibility index (Phi) is 4.27. The molecule has 27 heavy (non-hydrogen) atoms. The lowest BCUT2D eigenvalue weighted by molar-refractivity contribution is -0.124. The highest BCUT2D eigenvalue weighted by molar-refractivity contribution is 5.83. The van der Waals surface area contributed by atoms with Gasteiger partial charge in [0.15, 0.2) is 5.58 Å². The van der Waals surface area contributed by atoms with E-state index < -0.39 is 6.04 Å². The van der Waals surface area contributed by atoms with Gasteiger partial charge >= 0.3 is 0 Å². The number of fused-ring (bicyclic) bond motifs is 3. The molecule has 0 saturated heterocycles. The third-order valence-electron chi connectivity index (χ3n) is 4.73. The fraction of sp³-hybridized carbons (Fsp3) is 0.250. The standard InChI is InChI=1S/C20H20N4O3/c1-13(19(25)21-10-8-15-6-4-3-5-7-15)24-20(26)17-12-18-16(9-11-27-18)23(17)14(2)22-24/h3-7,9,11-13H,8,10H2,1-2H3,(H,21,25)/t13-/m1/s1. The second-order valence-electron chi connectivity index (χ2n) is 6.53. The summed E-state index contributed by atoms with van der Waals surface area (Å²) in [5, 5.41) is 7.24. The first-order valence-electron chi connectivity index (χ1n) is 8.86. The Bertz CT molecular complexity index is 1170. The number of hydrogen-bond donors (Lipinski definition) is 1. The molecule has 1 N–H and O–H groups in total. The number of carbonyl (C=O) groups is 1. The molecule has 7 nitrogen and oxygen atoms in total. The lowest BCUT2D eigenvalue weighted by atomic mass is 10.1. The molecule has 0 unspecified atom stereocenters. The minimum atomic E-state index is -0.710. The molecule has 7 heteroatoms. The Balaban J connectivity index is 1.56. The Labute approximate surface area is 155 Å². The molecule has 1 aromatic carbocycles. The lowest BCUT2D eigenvalue weighted by Crippen LogP contribution is -2.38. The summed E-state index contributed by atoms with van der Waals surface area (Å²) >= 11 is 0. The monoisotopic (exact) mass is 364 g/mol. The average Bonchev–Trinajstić information content (AvgIpc) is 3.26. The molecule has 0 aliphatic rings. The van der Waals surface area contributed by atoms with Gasteiger partial charge in [0, 0.05) is 18.7 Å². The van der Waals surface area contributed by atoms with Crippen LogP contribution in [0.4, 0.5) is 0 Å². The summed E-state index contributed by atoms with van der Waals surface area (Å²) in [6, 6.07) is 12.7. The molecule has 3 heterocycles. The molecule has 0 saturated carbocycles. The first kappa shape index (κ1) is 17.1. The molecular weight excluding hydrogens is 344 g/mol. The number of hydrogen-bond acceptors (Lipinski definition) is 4. The Hall–Kier alpha value is -3.35. The van der Waals surface area contributed by atoms with Gasteiger partial charge in [-0.3, -0.25) is 14.0 Å². The van der Waals surface area contributed by atoms with Gasteiger partial charge in [-0.05, 0) is 25.8 Å². The number of furan rings is 1. The summed E-state index contributed by atoms with van der Waals surface area (Å²) in [6.45, 7) is 3.98. The molecule has 138 valence electrons. The number of aryl methyl sites for hydroxylation is 1. The van der Waals surface area contributed by atoms with Crippen LogP contribution >= 0.6 is 0 Å². The highest BCUT2D eigenvalue weighted by Crippen LogP contribution is 2.20. The molecule has 4 aromatic rings. The van der Waals surface area contributed by atoms with E-state index in [0.29, 0.717) is 23.5 Å². The molecule has 0 fully saturated rings. The average molecular weight is 364 g/mol. The van der Waals surface area contributed by atoms with Crippen molar-refractivity contribution < 1.29 is 9.21 Å². The second-order valence-corrected chi connectivity index (χ2v) is 6.53. The maximum absolute atomic E-state index is 12.8. The third-order valence-corrected chi connectivity index (χ3v) is 4.73. The van der Waals surface area contributed by atoms with Crippen molar-refractivity contribution in [3.63, 3.8) is 0 Å². The zero-order chi connectivity index (χ0) is 19.0. The number of rotatable bonds is 5. The van der Waals surface area contributed by atoms with Gasteiger partial charge in [0.2, 0.25) is 5.91 Å². The number of aromatic nitrogens is 3. The van der Waals surface area contributed by atoms with Gasteiger partial charge in [-0.1, -0.05) is 30.3 Å². The molecule has 4 rings (SSSR count). The summed E-state index contributed by atoms with van der Waals surface area (Å²) in [5.41, 5.74) is 2.68. The van der Waals surface area contributed by atoms with E-state index in [0.717, 1.165) is 17.5 Å². The van der Waals surface area contributed by atoms with Gasteiger partial charge in [-0.2, -0.15) is 5.10 Å². The number of nitrogens with one attached hydrogen (secondary N) is 1. The van der Waals surface area contributed by atoms with E-state index in [2.05, 4.69) is 10.4 Å². The van der Waals surface area contributed by atoms with Crippen molar-refractivity contribution in [2.45, 2.75) is 26.3 Å². The number of amides is 1. The van der Waals surface area contributed by atoms with Gasteiger partial charge in [0.1, 0.15) is 17.4 Å². The second kappa shape index (κ2) is 6.75. The van der Waals surface area contributed by atoms with E-state index in [-0.39, 0.29) is 11.5 Å². The SMILES string of the molecule is Cc1nn([C@H](C)C(=O)NCCc2ccccc2)c(=O)c2cc3occc3n12. The minimum Gasteiger partial charge on any atom is -0.463 e. The van der Waals surface area contributed by atoms with Crippen molar-refractivity contribution >= 4 is 22.5 Å². The smallest absolute Gasteiger partial charge is 0.291 e. The minimum absolute atomic E-state index is 0.237. The van der Waals surface area contributed by atoms with Crippen molar-refractivity contribution in [3.8, 4) is 0 Å². The van der Waals surface area contributed by atoms with Gasteiger partial charge in [-0.15, -0.1) is 0 Å². The van der Waals surface area contributed by atoms with Crippen LogP contribution in [0, 0.1) is 6.92 Å². The van der Waals surface area contributed by atoms with Crippen LogP contribution in [0.2, 0.25) is 0 Å². The lowest BCUT2D eigenvalue weighted by Gasteiger charge is -2.15. The van der Waals surface area contributed by atoms with Crippen molar-refractivity contribution in [1.82, 2.24) is 19.5 Å². The molecule has 0 spiro atoms. The fourth-order valence-corrected chi connectivity index (χ4v) is 3.29. The number of carbonyl (C=O) groups excluding carboxylic acids is 1. The largest absolute Gasteiger partial charge is 0.463 e. The van der Waals surface area contributed by atoms with Crippen LogP contribution in [0.1, 0.15) is 24.4 Å². The maximum Gasteiger partial charge on any atom is 0.291 e. The topological polar surface area (TPSA) is 81.5 Å². The summed E-state index contributed by atoms with van der Waals surface area (Å²) in [7, 11) is 0. The predicted octanol–water partition coefficient (Wildman–Crippen LogP) is 2.47. The zero-order valence-corrected chi connectivity index (χ0v) is 15.2. The summed E-state index contributed by atoms with van der Waals surface area (Å²) < 4.78 is 8.37. The van der Waals surface area contributed by atoms with Crippen LogP contribution in [0.15, 0.2) is 57.9 Å². The summed E-state index contributed by atoms with van der Waals surface area (Å²) in [4.78, 5) is 25.4. The molecule has 0 bridgehead atoms. The van der Waals surface area contributed by atoms with Crippen molar-refractivity contribution in [2.24, 2.45) is 0 Å². The molecule has 0 aliphatic heterocycles. The first-order chi connectivity index (χ1) is 13.1. The molecule has 0 aliphatic carbocycles. The first-order valence-corrected chi connectivity index (χ1v) is 8.86. The summed E-state index contributed by atoms with van der Waals surface area (Å²) in [6.07, 6.45) is 2.31. The molecular formula is C20H20N4O3. The quantitative estimate of drug-likeness (QED) is 0.590. The molecule has 1 amide bonds.